The third-order valence-corrected chi connectivity index (χ3v) is 5.85. The Morgan fingerprint density at radius 2 is 1.66 bits per heavy atom. The van der Waals surface area contributed by atoms with Gasteiger partial charge in [-0.05, 0) is 42.0 Å². The lowest BCUT2D eigenvalue weighted by atomic mass is 10.2. The second kappa shape index (κ2) is 9.25. The molecule has 0 saturated carbocycles. The number of methoxy groups -OCH3 is 1. The van der Waals surface area contributed by atoms with Gasteiger partial charge >= 0.3 is 0 Å². The Labute approximate surface area is 171 Å². The van der Waals surface area contributed by atoms with Crippen molar-refractivity contribution in [1.82, 2.24) is 10.2 Å². The summed E-state index contributed by atoms with van der Waals surface area (Å²) >= 11 is 0. The van der Waals surface area contributed by atoms with Crippen molar-refractivity contribution in [3.05, 3.63) is 54.1 Å². The lowest BCUT2D eigenvalue weighted by molar-refractivity contribution is -0.122. The van der Waals surface area contributed by atoms with E-state index in [1.54, 1.807) is 19.2 Å². The summed E-state index contributed by atoms with van der Waals surface area (Å²) in [6.45, 7) is 4.01. The van der Waals surface area contributed by atoms with E-state index < -0.39 is 10.0 Å². The summed E-state index contributed by atoms with van der Waals surface area (Å²) in [6, 6.07) is 14.2. The molecule has 1 aliphatic rings. The quantitative estimate of drug-likeness (QED) is 0.689. The van der Waals surface area contributed by atoms with E-state index in [2.05, 4.69) is 15.1 Å². The van der Waals surface area contributed by atoms with E-state index in [4.69, 9.17) is 9.88 Å². The number of ether oxygens (including phenoxy) is 1. The van der Waals surface area contributed by atoms with Crippen LogP contribution in [0.3, 0.4) is 0 Å². The number of rotatable bonds is 7. The summed E-state index contributed by atoms with van der Waals surface area (Å²) < 4.78 is 27.7. The highest BCUT2D eigenvalue weighted by Gasteiger charge is 2.19. The van der Waals surface area contributed by atoms with Crippen LogP contribution in [0.1, 0.15) is 5.56 Å². The number of primary sulfonamides is 1. The van der Waals surface area contributed by atoms with Crippen LogP contribution in [0.4, 0.5) is 5.69 Å². The van der Waals surface area contributed by atoms with Gasteiger partial charge in [0.05, 0.1) is 18.6 Å². The van der Waals surface area contributed by atoms with Gasteiger partial charge in [-0.2, -0.15) is 0 Å². The molecule has 0 spiro atoms. The normalized spacial score (nSPS) is 15.2. The molecule has 29 heavy (non-hydrogen) atoms. The molecule has 0 radical (unpaired) electrons. The zero-order valence-corrected chi connectivity index (χ0v) is 17.2. The van der Waals surface area contributed by atoms with E-state index in [-0.39, 0.29) is 10.8 Å². The number of carbonyl (C=O) groups is 1. The maximum absolute atomic E-state index is 12.2. The van der Waals surface area contributed by atoms with Crippen molar-refractivity contribution in [2.75, 3.05) is 44.7 Å². The van der Waals surface area contributed by atoms with Gasteiger partial charge in [-0.3, -0.25) is 9.69 Å². The largest absolute Gasteiger partial charge is 0.497 e. The van der Waals surface area contributed by atoms with Gasteiger partial charge in [-0.1, -0.05) is 12.1 Å². The summed E-state index contributed by atoms with van der Waals surface area (Å²) in [4.78, 5) is 16.7. The van der Waals surface area contributed by atoms with Crippen molar-refractivity contribution >= 4 is 21.6 Å². The predicted molar refractivity (Wildman–Crippen MR) is 111 cm³/mol. The molecule has 3 N–H and O–H groups in total. The van der Waals surface area contributed by atoms with Crippen LogP contribution in [-0.4, -0.2) is 59.1 Å². The Hall–Kier alpha value is -2.62. The third kappa shape index (κ3) is 5.93. The molecule has 0 aliphatic carbocycles. The summed E-state index contributed by atoms with van der Waals surface area (Å²) in [6.07, 6.45) is 0. The monoisotopic (exact) mass is 418 g/mol. The number of hydrogen-bond acceptors (Lipinski definition) is 6. The Morgan fingerprint density at radius 3 is 2.21 bits per heavy atom. The van der Waals surface area contributed by atoms with Crippen LogP contribution in [0.25, 0.3) is 0 Å². The molecule has 0 unspecified atom stereocenters. The van der Waals surface area contributed by atoms with E-state index in [1.807, 2.05) is 24.3 Å². The lowest BCUT2D eigenvalue weighted by Crippen LogP contribution is -2.49. The van der Waals surface area contributed by atoms with Crippen molar-refractivity contribution in [2.24, 2.45) is 5.14 Å². The Morgan fingerprint density at radius 1 is 1.03 bits per heavy atom. The van der Waals surface area contributed by atoms with Gasteiger partial charge in [-0.25, -0.2) is 13.6 Å². The highest BCUT2D eigenvalue weighted by Crippen LogP contribution is 2.20. The number of hydrogen-bond donors (Lipinski definition) is 2. The second-order valence-corrected chi connectivity index (χ2v) is 8.49. The van der Waals surface area contributed by atoms with E-state index in [1.165, 1.54) is 12.1 Å². The van der Waals surface area contributed by atoms with E-state index in [9.17, 15) is 13.2 Å². The van der Waals surface area contributed by atoms with Crippen molar-refractivity contribution in [1.29, 1.82) is 0 Å². The van der Waals surface area contributed by atoms with Gasteiger partial charge in [0, 0.05) is 38.4 Å². The molecular weight excluding hydrogens is 392 g/mol. The molecule has 0 atom stereocenters. The molecule has 1 amide bonds. The van der Waals surface area contributed by atoms with Crippen molar-refractivity contribution in [3.63, 3.8) is 0 Å². The van der Waals surface area contributed by atoms with E-state index in [0.717, 1.165) is 43.2 Å². The minimum atomic E-state index is -3.70. The summed E-state index contributed by atoms with van der Waals surface area (Å²) in [5, 5.41) is 7.95. The number of sulfonamides is 1. The van der Waals surface area contributed by atoms with Crippen molar-refractivity contribution < 1.29 is 17.9 Å². The minimum absolute atomic E-state index is 0.0570. The molecule has 1 heterocycles. The molecule has 0 aromatic heterocycles. The smallest absolute Gasteiger partial charge is 0.238 e. The van der Waals surface area contributed by atoms with Gasteiger partial charge in [-0.15, -0.1) is 0 Å². The molecule has 2 aromatic rings. The topological polar surface area (TPSA) is 105 Å². The number of nitrogens with two attached hydrogens (primary N) is 1. The van der Waals surface area contributed by atoms with Crippen LogP contribution >= 0.6 is 0 Å². The maximum Gasteiger partial charge on any atom is 0.238 e. The molecule has 1 fully saturated rings. The standard InChI is InChI=1S/C20H26N4O4S/c1-28-18-6-4-17(5-7-18)24-12-10-23(11-13-24)15-20(25)22-14-16-2-8-19(9-3-16)29(21,26)27/h2-9H,10-15H2,1H3,(H,22,25)(H2,21,26,27). The van der Waals surface area contributed by atoms with Crippen molar-refractivity contribution in [2.45, 2.75) is 11.4 Å². The first-order valence-corrected chi connectivity index (χ1v) is 10.9. The number of carbonyl (C=O) groups excluding carboxylic acids is 1. The molecule has 1 saturated heterocycles. The number of anilines is 1. The SMILES string of the molecule is COc1ccc(N2CCN(CC(=O)NCc3ccc(S(N)(=O)=O)cc3)CC2)cc1. The van der Waals surface area contributed by atoms with Gasteiger partial charge in [0.25, 0.3) is 0 Å². The number of nitrogens with one attached hydrogen (secondary N) is 1. The van der Waals surface area contributed by atoms with E-state index >= 15 is 0 Å². The Bertz CT molecular complexity index is 922. The average Bonchev–Trinajstić information content (AvgIpc) is 2.72. The zero-order valence-electron chi connectivity index (χ0n) is 16.4. The van der Waals surface area contributed by atoms with Crippen LogP contribution in [0.5, 0.6) is 5.75 Å². The zero-order chi connectivity index (χ0) is 20.9. The molecule has 0 bridgehead atoms. The Balaban J connectivity index is 1.42. The first kappa shape index (κ1) is 21.1. The van der Waals surface area contributed by atoms with E-state index in [0.29, 0.717) is 13.1 Å². The third-order valence-electron chi connectivity index (χ3n) is 4.92. The number of piperazine rings is 1. The average molecular weight is 419 g/mol. The first-order valence-electron chi connectivity index (χ1n) is 9.35. The van der Waals surface area contributed by atoms with Crippen molar-refractivity contribution in [3.8, 4) is 5.75 Å². The number of nitrogens with zero attached hydrogens (tertiary/aromatic N) is 2. The van der Waals surface area contributed by atoms with Crippen LogP contribution in [0.15, 0.2) is 53.4 Å². The molecule has 2 aromatic carbocycles. The minimum Gasteiger partial charge on any atom is -0.497 e. The Kier molecular flexibility index (Phi) is 6.73. The predicted octanol–water partition coefficient (Wildman–Crippen LogP) is 0.781. The van der Waals surface area contributed by atoms with Gasteiger partial charge < -0.3 is 15.0 Å². The highest BCUT2D eigenvalue weighted by molar-refractivity contribution is 7.89. The van der Waals surface area contributed by atoms with Gasteiger partial charge in [0.1, 0.15) is 5.75 Å². The fourth-order valence-electron chi connectivity index (χ4n) is 3.21. The highest BCUT2D eigenvalue weighted by atomic mass is 32.2. The first-order chi connectivity index (χ1) is 13.8. The van der Waals surface area contributed by atoms with Crippen LogP contribution in [-0.2, 0) is 21.4 Å². The molecular formula is C20H26N4O4S. The summed E-state index contributed by atoms with van der Waals surface area (Å²) in [7, 11) is -2.05. The lowest BCUT2D eigenvalue weighted by Gasteiger charge is -2.35. The second-order valence-electron chi connectivity index (χ2n) is 6.93. The number of benzene rings is 2. The molecule has 9 heteroatoms. The van der Waals surface area contributed by atoms with Gasteiger partial charge in [0.15, 0.2) is 0 Å². The number of amides is 1. The fourth-order valence-corrected chi connectivity index (χ4v) is 3.73. The van der Waals surface area contributed by atoms with Gasteiger partial charge in [0.2, 0.25) is 15.9 Å². The maximum atomic E-state index is 12.2. The van der Waals surface area contributed by atoms with Crippen LogP contribution in [0, 0.1) is 0 Å². The molecule has 3 rings (SSSR count). The molecule has 8 nitrogen and oxygen atoms in total. The summed E-state index contributed by atoms with van der Waals surface area (Å²) in [5.74, 6) is 0.779. The van der Waals surface area contributed by atoms with Crippen LogP contribution in [0.2, 0.25) is 0 Å². The molecule has 1 aliphatic heterocycles. The fraction of sp³-hybridized carbons (Fsp3) is 0.350. The molecule has 156 valence electrons. The van der Waals surface area contributed by atoms with Crippen LogP contribution < -0.4 is 20.1 Å². The summed E-state index contributed by atoms with van der Waals surface area (Å²) in [5.41, 5.74) is 1.97.